The van der Waals surface area contributed by atoms with Crippen LogP contribution in [-0.4, -0.2) is 22.5 Å². The summed E-state index contributed by atoms with van der Waals surface area (Å²) in [6.45, 7) is 0.829. The first-order valence-corrected chi connectivity index (χ1v) is 8.92. The molecule has 24 heavy (non-hydrogen) atoms. The van der Waals surface area contributed by atoms with Crippen LogP contribution in [-0.2, 0) is 19.5 Å². The van der Waals surface area contributed by atoms with Gasteiger partial charge in [-0.2, -0.15) is 0 Å². The zero-order valence-corrected chi connectivity index (χ0v) is 13.8. The molecule has 7 heteroatoms. The Morgan fingerprint density at radius 1 is 1.29 bits per heavy atom. The summed E-state index contributed by atoms with van der Waals surface area (Å²) in [5.74, 6) is -0.255. The molecular weight excluding hydrogens is 332 g/mol. The number of hydrogen-bond acceptors (Lipinski definition) is 3. The third-order valence-corrected chi connectivity index (χ3v) is 5.56. The van der Waals surface area contributed by atoms with E-state index < -0.39 is 11.6 Å². The van der Waals surface area contributed by atoms with E-state index in [1.165, 1.54) is 17.7 Å². The summed E-state index contributed by atoms with van der Waals surface area (Å²) in [5, 5.41) is 5.93. The third kappa shape index (κ3) is 3.00. The molecular formula is C17H17F2N3OS. The second kappa shape index (κ2) is 6.12. The number of benzene rings is 1. The highest BCUT2D eigenvalue weighted by Gasteiger charge is 2.27. The monoisotopic (exact) mass is 349 g/mol. The smallest absolute Gasteiger partial charge is 0.318 e. The van der Waals surface area contributed by atoms with Crippen LogP contribution in [0.15, 0.2) is 17.5 Å². The molecule has 2 amide bonds. The van der Waals surface area contributed by atoms with Crippen molar-refractivity contribution in [2.24, 2.45) is 0 Å². The minimum atomic E-state index is -0.461. The first kappa shape index (κ1) is 15.5. The Kier molecular flexibility index (Phi) is 3.96. The van der Waals surface area contributed by atoms with Crippen molar-refractivity contribution in [1.29, 1.82) is 0 Å². The molecule has 1 aliphatic carbocycles. The minimum absolute atomic E-state index is 0.0924. The Hall–Kier alpha value is -2.02. The van der Waals surface area contributed by atoms with Gasteiger partial charge in [-0.3, -0.25) is 0 Å². The van der Waals surface area contributed by atoms with Crippen molar-refractivity contribution in [3.63, 3.8) is 0 Å². The summed E-state index contributed by atoms with van der Waals surface area (Å²) in [7, 11) is 0. The number of carbonyl (C=O) groups is 1. The van der Waals surface area contributed by atoms with Gasteiger partial charge in [-0.05, 0) is 37.0 Å². The topological polar surface area (TPSA) is 45.2 Å². The van der Waals surface area contributed by atoms with Crippen molar-refractivity contribution < 1.29 is 13.6 Å². The van der Waals surface area contributed by atoms with Crippen LogP contribution in [0.3, 0.4) is 0 Å². The molecule has 0 atom stereocenters. The van der Waals surface area contributed by atoms with Crippen molar-refractivity contribution in [2.75, 3.05) is 6.54 Å². The summed E-state index contributed by atoms with van der Waals surface area (Å²) in [6.07, 6.45) is 2.73. The van der Waals surface area contributed by atoms with Gasteiger partial charge in [-0.15, -0.1) is 11.3 Å². The number of urea groups is 1. The number of rotatable bonds is 3. The van der Waals surface area contributed by atoms with Gasteiger partial charge in [0, 0.05) is 23.4 Å². The van der Waals surface area contributed by atoms with E-state index in [1.807, 2.05) is 5.38 Å². The Bertz CT molecular complexity index is 788. The molecule has 0 bridgehead atoms. The van der Waals surface area contributed by atoms with Crippen LogP contribution >= 0.6 is 11.3 Å². The van der Waals surface area contributed by atoms with E-state index in [9.17, 15) is 13.6 Å². The fraction of sp³-hybridized carbons (Fsp3) is 0.412. The Morgan fingerprint density at radius 3 is 2.79 bits per heavy atom. The number of thiazole rings is 1. The molecule has 2 heterocycles. The number of nitrogens with zero attached hydrogens (tertiary/aromatic N) is 2. The second-order valence-corrected chi connectivity index (χ2v) is 7.16. The van der Waals surface area contributed by atoms with Crippen LogP contribution in [0, 0.1) is 11.6 Å². The number of carbonyl (C=O) groups excluding carboxylic acids is 1. The van der Waals surface area contributed by atoms with E-state index in [0.29, 0.717) is 31.0 Å². The van der Waals surface area contributed by atoms with Crippen molar-refractivity contribution in [1.82, 2.24) is 15.2 Å². The molecule has 0 spiro atoms. The molecule has 0 saturated heterocycles. The normalized spacial score (nSPS) is 16.8. The maximum atomic E-state index is 13.9. The van der Waals surface area contributed by atoms with Gasteiger partial charge < -0.3 is 10.2 Å². The van der Waals surface area contributed by atoms with Crippen molar-refractivity contribution in [2.45, 2.75) is 38.3 Å². The minimum Gasteiger partial charge on any atom is -0.332 e. The highest BCUT2D eigenvalue weighted by Crippen LogP contribution is 2.41. The summed E-state index contributed by atoms with van der Waals surface area (Å²) < 4.78 is 27.6. The van der Waals surface area contributed by atoms with Gasteiger partial charge in [0.05, 0.1) is 23.8 Å². The predicted molar refractivity (Wildman–Crippen MR) is 86.8 cm³/mol. The standard InChI is InChI=1S/C17H17F2N3OS/c18-14-3-4-15(19)13-8-22(6-5-12(13)14)17(23)20-7-11-9-24-16(21-11)10-1-2-10/h3-4,9-10H,1-2,5-8H2,(H,20,23). The number of aromatic nitrogens is 1. The van der Waals surface area contributed by atoms with Gasteiger partial charge in [0.2, 0.25) is 0 Å². The molecule has 0 unspecified atom stereocenters. The lowest BCUT2D eigenvalue weighted by Crippen LogP contribution is -2.43. The fourth-order valence-electron chi connectivity index (χ4n) is 2.97. The number of fused-ring (bicyclic) bond motifs is 1. The summed E-state index contributed by atoms with van der Waals surface area (Å²) in [5.41, 5.74) is 1.51. The Balaban J connectivity index is 1.39. The van der Waals surface area contributed by atoms with Crippen LogP contribution in [0.2, 0.25) is 0 Å². The summed E-state index contributed by atoms with van der Waals surface area (Å²) in [6, 6.07) is 1.98. The van der Waals surface area contributed by atoms with Crippen LogP contribution in [0.5, 0.6) is 0 Å². The SMILES string of the molecule is O=C(NCc1csc(C2CC2)n1)N1CCc2c(F)ccc(F)c2C1. The van der Waals surface area contributed by atoms with Crippen LogP contribution < -0.4 is 5.32 Å². The number of amides is 2. The Labute approximate surface area is 142 Å². The Morgan fingerprint density at radius 2 is 2.04 bits per heavy atom. The third-order valence-electron chi connectivity index (χ3n) is 4.50. The quantitative estimate of drug-likeness (QED) is 0.921. The van der Waals surface area contributed by atoms with E-state index in [4.69, 9.17) is 0 Å². The lowest BCUT2D eigenvalue weighted by Gasteiger charge is -2.29. The van der Waals surface area contributed by atoms with E-state index in [0.717, 1.165) is 22.8 Å². The number of nitrogens with one attached hydrogen (secondary N) is 1. The van der Waals surface area contributed by atoms with Crippen molar-refractivity contribution in [3.8, 4) is 0 Å². The second-order valence-electron chi connectivity index (χ2n) is 6.27. The zero-order chi connectivity index (χ0) is 16.7. The van der Waals surface area contributed by atoms with Gasteiger partial charge in [-0.25, -0.2) is 18.6 Å². The van der Waals surface area contributed by atoms with Crippen molar-refractivity contribution in [3.05, 3.63) is 51.0 Å². The van der Waals surface area contributed by atoms with Gasteiger partial charge in [0.15, 0.2) is 0 Å². The number of hydrogen-bond donors (Lipinski definition) is 1. The molecule has 1 aromatic carbocycles. The van der Waals surface area contributed by atoms with Crippen molar-refractivity contribution >= 4 is 17.4 Å². The molecule has 1 fully saturated rings. The largest absolute Gasteiger partial charge is 0.332 e. The van der Waals surface area contributed by atoms with Crippen LogP contribution in [0.1, 0.15) is 40.6 Å². The molecule has 2 aromatic rings. The molecule has 0 radical (unpaired) electrons. The number of halogens is 2. The zero-order valence-electron chi connectivity index (χ0n) is 13.0. The van der Waals surface area contributed by atoms with Gasteiger partial charge in [0.1, 0.15) is 11.6 Å². The average molecular weight is 349 g/mol. The van der Waals surface area contributed by atoms with E-state index in [2.05, 4.69) is 10.3 Å². The first-order chi connectivity index (χ1) is 11.6. The van der Waals surface area contributed by atoms with Crippen LogP contribution in [0.25, 0.3) is 0 Å². The van der Waals surface area contributed by atoms with Gasteiger partial charge in [0.25, 0.3) is 0 Å². The van der Waals surface area contributed by atoms with E-state index >= 15 is 0 Å². The first-order valence-electron chi connectivity index (χ1n) is 8.04. The van der Waals surface area contributed by atoms with Gasteiger partial charge >= 0.3 is 6.03 Å². The highest BCUT2D eigenvalue weighted by molar-refractivity contribution is 7.09. The molecule has 2 aliphatic rings. The average Bonchev–Trinajstić information content (AvgIpc) is 3.34. The molecule has 4 nitrogen and oxygen atoms in total. The lowest BCUT2D eigenvalue weighted by molar-refractivity contribution is 0.190. The van der Waals surface area contributed by atoms with Crippen LogP contribution in [0.4, 0.5) is 13.6 Å². The van der Waals surface area contributed by atoms with E-state index in [1.54, 1.807) is 11.3 Å². The summed E-state index contributed by atoms with van der Waals surface area (Å²) >= 11 is 1.63. The molecule has 1 N–H and O–H groups in total. The summed E-state index contributed by atoms with van der Waals surface area (Å²) in [4.78, 5) is 18.3. The highest BCUT2D eigenvalue weighted by atomic mass is 32.1. The fourth-order valence-corrected chi connectivity index (χ4v) is 3.96. The maximum Gasteiger partial charge on any atom is 0.318 e. The molecule has 1 aliphatic heterocycles. The predicted octanol–water partition coefficient (Wildman–Crippen LogP) is 3.57. The van der Waals surface area contributed by atoms with Gasteiger partial charge in [-0.1, -0.05) is 0 Å². The maximum absolute atomic E-state index is 13.9. The lowest BCUT2D eigenvalue weighted by atomic mass is 9.99. The van der Waals surface area contributed by atoms with E-state index in [-0.39, 0.29) is 18.1 Å². The molecule has 4 rings (SSSR count). The molecule has 1 saturated carbocycles. The molecule has 126 valence electrons. The molecule has 1 aromatic heterocycles.